The predicted molar refractivity (Wildman–Crippen MR) is 129 cm³/mol. The Bertz CT molecular complexity index is 1190. The summed E-state index contributed by atoms with van der Waals surface area (Å²) in [5.74, 6) is -3.46. The van der Waals surface area contributed by atoms with Crippen LogP contribution in [0.4, 0.5) is 10.3 Å². The van der Waals surface area contributed by atoms with Gasteiger partial charge in [0.25, 0.3) is 0 Å². The third-order valence-electron chi connectivity index (χ3n) is 5.37. The zero-order valence-corrected chi connectivity index (χ0v) is 20.9. The number of carboxylic acid groups (broad SMARTS) is 1. The molecule has 1 heterocycles. The first-order valence-electron chi connectivity index (χ1n) is 10.8. The number of hydrogen-bond acceptors (Lipinski definition) is 6. The van der Waals surface area contributed by atoms with Gasteiger partial charge in [-0.25, -0.2) is 27.1 Å². The molecule has 0 radical (unpaired) electrons. The fourth-order valence-electron chi connectivity index (χ4n) is 3.16. The van der Waals surface area contributed by atoms with Gasteiger partial charge in [0.15, 0.2) is 0 Å². The van der Waals surface area contributed by atoms with Gasteiger partial charge < -0.3 is 5.11 Å². The molecule has 0 saturated carbocycles. The lowest BCUT2D eigenvalue weighted by Gasteiger charge is -2.20. The number of aromatic nitrogens is 2. The van der Waals surface area contributed by atoms with Gasteiger partial charge in [-0.05, 0) is 43.0 Å². The number of hydrogen-bond donors (Lipinski definition) is 1. The summed E-state index contributed by atoms with van der Waals surface area (Å²) in [4.78, 5) is 32.2. The van der Waals surface area contributed by atoms with E-state index in [1.807, 2.05) is 13.8 Å². The molecule has 0 spiro atoms. The van der Waals surface area contributed by atoms with Crippen LogP contribution in [0.15, 0.2) is 30.3 Å². The summed E-state index contributed by atoms with van der Waals surface area (Å²) in [6.07, 6.45) is 4.61. The number of ketones is 1. The Morgan fingerprint density at radius 3 is 2.21 bits per heavy atom. The van der Waals surface area contributed by atoms with Gasteiger partial charge in [-0.2, -0.15) is 0 Å². The van der Waals surface area contributed by atoms with Crippen molar-refractivity contribution >= 4 is 33.8 Å². The number of rotatable bonds is 10. The number of halogens is 1. The minimum Gasteiger partial charge on any atom is -0.481 e. The number of nitrogens with zero attached hydrogens (tertiary/aromatic N) is 3. The Morgan fingerprint density at radius 2 is 1.71 bits per heavy atom. The number of carbonyl (C=O) groups excluding carboxylic acids is 1. The van der Waals surface area contributed by atoms with Crippen molar-refractivity contribution in [2.75, 3.05) is 17.6 Å². The van der Waals surface area contributed by atoms with Crippen molar-refractivity contribution in [2.45, 2.75) is 40.0 Å². The molecule has 0 bridgehead atoms. The minimum atomic E-state index is -3.63. The van der Waals surface area contributed by atoms with Crippen molar-refractivity contribution in [1.82, 2.24) is 9.97 Å². The van der Waals surface area contributed by atoms with E-state index in [2.05, 4.69) is 9.97 Å². The number of carboxylic acids is 1. The van der Waals surface area contributed by atoms with Crippen molar-refractivity contribution < 1.29 is 27.5 Å². The molecule has 0 amide bonds. The number of allylic oxidation sites excluding steroid dienone is 1. The van der Waals surface area contributed by atoms with Gasteiger partial charge in [-0.1, -0.05) is 32.9 Å². The van der Waals surface area contributed by atoms with E-state index in [1.54, 1.807) is 31.2 Å². The van der Waals surface area contributed by atoms with Gasteiger partial charge in [0.05, 0.1) is 17.6 Å². The normalized spacial score (nSPS) is 13.8. The van der Waals surface area contributed by atoms with Crippen LogP contribution in [0.1, 0.15) is 51.3 Å². The standard InChI is InChI=1S/C24H30FN3O5S/c1-14(2)21-19(12-7-15(3)13-20(29)16(4)23(30)31)22(17-8-10-18(25)11-9-17)27-24(26-21)28(5)34(6,32)33/h7-12,14-16H,13H2,1-6H3,(H,30,31)/b12-7+/t15-,16?/m1/s1. The van der Waals surface area contributed by atoms with E-state index >= 15 is 0 Å². The maximum atomic E-state index is 13.6. The number of benzene rings is 1. The van der Waals surface area contributed by atoms with E-state index in [-0.39, 0.29) is 30.0 Å². The molecule has 0 aliphatic rings. The lowest BCUT2D eigenvalue weighted by molar-refractivity contribution is -0.145. The number of sulfonamides is 1. The van der Waals surface area contributed by atoms with Gasteiger partial charge in [0.2, 0.25) is 16.0 Å². The second kappa shape index (κ2) is 10.9. The summed E-state index contributed by atoms with van der Waals surface area (Å²) < 4.78 is 38.8. The molecule has 1 aromatic heterocycles. The molecule has 0 aliphatic heterocycles. The molecule has 2 rings (SSSR count). The monoisotopic (exact) mass is 491 g/mol. The SMILES string of the molecule is CC(C(=O)O)C(=O)C[C@H](C)/C=C/c1c(-c2ccc(F)cc2)nc(N(C)S(C)(=O)=O)nc1C(C)C. The van der Waals surface area contributed by atoms with E-state index in [1.165, 1.54) is 26.1 Å². The van der Waals surface area contributed by atoms with Crippen LogP contribution < -0.4 is 4.31 Å². The lowest BCUT2D eigenvalue weighted by atomic mass is 9.94. The molecule has 2 aromatic rings. The van der Waals surface area contributed by atoms with Crippen molar-refractivity contribution in [1.29, 1.82) is 0 Å². The van der Waals surface area contributed by atoms with Crippen LogP contribution >= 0.6 is 0 Å². The Labute approximate surface area is 199 Å². The Hall–Kier alpha value is -3.14. The lowest BCUT2D eigenvalue weighted by Crippen LogP contribution is -2.27. The molecule has 0 saturated heterocycles. The molecule has 0 fully saturated rings. The van der Waals surface area contributed by atoms with E-state index in [0.29, 0.717) is 22.5 Å². The van der Waals surface area contributed by atoms with E-state index in [4.69, 9.17) is 5.11 Å². The van der Waals surface area contributed by atoms with Crippen molar-refractivity contribution in [3.05, 3.63) is 47.4 Å². The second-order valence-electron chi connectivity index (χ2n) is 8.63. The van der Waals surface area contributed by atoms with Crippen LogP contribution in [-0.2, 0) is 19.6 Å². The summed E-state index contributed by atoms with van der Waals surface area (Å²) in [6.45, 7) is 6.96. The topological polar surface area (TPSA) is 118 Å². The molecule has 1 aromatic carbocycles. The Balaban J connectivity index is 2.62. The zero-order chi connectivity index (χ0) is 25.8. The highest BCUT2D eigenvalue weighted by Gasteiger charge is 2.23. The first-order chi connectivity index (χ1) is 15.7. The number of anilines is 1. The molecule has 184 valence electrons. The van der Waals surface area contributed by atoms with E-state index in [9.17, 15) is 22.4 Å². The van der Waals surface area contributed by atoms with Gasteiger partial charge in [-0.15, -0.1) is 0 Å². The van der Waals surface area contributed by atoms with Crippen LogP contribution in [0.25, 0.3) is 17.3 Å². The molecule has 34 heavy (non-hydrogen) atoms. The third kappa shape index (κ3) is 6.69. The average molecular weight is 492 g/mol. The molecule has 8 nitrogen and oxygen atoms in total. The second-order valence-corrected chi connectivity index (χ2v) is 10.6. The highest BCUT2D eigenvalue weighted by atomic mass is 32.2. The van der Waals surface area contributed by atoms with Gasteiger partial charge in [0.1, 0.15) is 17.5 Å². The number of aliphatic carboxylic acids is 1. The molecule has 1 N–H and O–H groups in total. The summed E-state index contributed by atoms with van der Waals surface area (Å²) in [6, 6.07) is 5.67. The van der Waals surface area contributed by atoms with Crippen LogP contribution in [0, 0.1) is 17.7 Å². The maximum absolute atomic E-state index is 13.6. The summed E-state index contributed by atoms with van der Waals surface area (Å²) in [5, 5.41) is 9.05. The van der Waals surface area contributed by atoms with Crippen LogP contribution in [0.2, 0.25) is 0 Å². The molecule has 0 aliphatic carbocycles. The quantitative estimate of drug-likeness (QED) is 0.497. The van der Waals surface area contributed by atoms with Gasteiger partial charge in [0, 0.05) is 24.6 Å². The largest absolute Gasteiger partial charge is 0.481 e. The van der Waals surface area contributed by atoms with Crippen LogP contribution in [0.5, 0.6) is 0 Å². The fourth-order valence-corrected chi connectivity index (χ4v) is 3.53. The summed E-state index contributed by atoms with van der Waals surface area (Å²) in [7, 11) is -2.27. The Morgan fingerprint density at radius 1 is 1.12 bits per heavy atom. The van der Waals surface area contributed by atoms with Crippen molar-refractivity contribution in [2.24, 2.45) is 11.8 Å². The zero-order valence-electron chi connectivity index (χ0n) is 20.1. The third-order valence-corrected chi connectivity index (χ3v) is 6.53. The first-order valence-corrected chi connectivity index (χ1v) is 12.6. The maximum Gasteiger partial charge on any atom is 0.313 e. The summed E-state index contributed by atoms with van der Waals surface area (Å²) in [5.41, 5.74) is 2.17. The Kier molecular flexibility index (Phi) is 8.66. The van der Waals surface area contributed by atoms with E-state index < -0.39 is 27.7 Å². The molecular formula is C24H30FN3O5S. The summed E-state index contributed by atoms with van der Waals surface area (Å²) >= 11 is 0. The van der Waals surface area contributed by atoms with Crippen molar-refractivity contribution in [3.63, 3.8) is 0 Å². The van der Waals surface area contributed by atoms with Crippen LogP contribution in [0.3, 0.4) is 0 Å². The first kappa shape index (κ1) is 27.1. The minimum absolute atomic E-state index is 0.0128. The average Bonchev–Trinajstić information content (AvgIpc) is 2.75. The highest BCUT2D eigenvalue weighted by Crippen LogP contribution is 2.32. The molecular weight excluding hydrogens is 461 g/mol. The van der Waals surface area contributed by atoms with Gasteiger partial charge in [-0.3, -0.25) is 9.59 Å². The number of Topliss-reactive ketones (excluding diaryl/α,β-unsaturated/α-hetero) is 1. The molecule has 2 atom stereocenters. The highest BCUT2D eigenvalue weighted by molar-refractivity contribution is 7.92. The molecule has 1 unspecified atom stereocenters. The van der Waals surface area contributed by atoms with Crippen LogP contribution in [-0.4, -0.2) is 48.5 Å². The van der Waals surface area contributed by atoms with E-state index in [0.717, 1.165) is 10.6 Å². The number of carbonyl (C=O) groups is 2. The fraction of sp³-hybridized carbons (Fsp3) is 0.417. The molecule has 10 heteroatoms. The predicted octanol–water partition coefficient (Wildman–Crippen LogP) is 4.13. The smallest absolute Gasteiger partial charge is 0.313 e. The van der Waals surface area contributed by atoms with Crippen molar-refractivity contribution in [3.8, 4) is 11.3 Å². The van der Waals surface area contributed by atoms with Gasteiger partial charge >= 0.3 is 5.97 Å².